The Balaban J connectivity index is 1.03. The zero-order chi connectivity index (χ0) is 32.1. The van der Waals surface area contributed by atoms with Gasteiger partial charge in [0.25, 0.3) is 0 Å². The summed E-state index contributed by atoms with van der Waals surface area (Å²) in [5.74, 6) is 4.59. The molecule has 4 aliphatic rings. The summed E-state index contributed by atoms with van der Waals surface area (Å²) in [6.07, 6.45) is 8.60. The van der Waals surface area contributed by atoms with Crippen LogP contribution in [0.5, 0.6) is 0 Å². The third kappa shape index (κ3) is 5.30. The second-order valence-corrected chi connectivity index (χ2v) is 14.3. The third-order valence-corrected chi connectivity index (χ3v) is 11.1. The molecule has 4 bridgehead atoms. The molecule has 1 aromatic heterocycles. The van der Waals surface area contributed by atoms with Crippen molar-refractivity contribution in [3.8, 4) is 62.5 Å². The second-order valence-electron chi connectivity index (χ2n) is 14.3. The molecule has 6 aromatic rings. The van der Waals surface area contributed by atoms with Crippen molar-refractivity contribution in [1.82, 2.24) is 15.0 Å². The maximum absolute atomic E-state index is 10.0. The van der Waals surface area contributed by atoms with Crippen molar-refractivity contribution >= 4 is 0 Å². The second kappa shape index (κ2) is 11.7. The van der Waals surface area contributed by atoms with Crippen LogP contribution in [0.4, 0.5) is 0 Å². The first-order valence-electron chi connectivity index (χ1n) is 17.2. The molecule has 0 amide bonds. The first-order valence-corrected chi connectivity index (χ1v) is 17.2. The van der Waals surface area contributed by atoms with E-state index in [1.54, 1.807) is 5.56 Å². The summed E-state index contributed by atoms with van der Waals surface area (Å²) in [5, 5.41) is 10.0. The zero-order valence-electron chi connectivity index (χ0n) is 26.9. The Bertz CT molecular complexity index is 2050. The van der Waals surface area contributed by atoms with E-state index in [9.17, 15) is 5.26 Å². The molecule has 0 saturated heterocycles. The molecule has 0 spiro atoms. The summed E-state index contributed by atoms with van der Waals surface area (Å²) in [6, 6.07) is 46.3. The van der Waals surface area contributed by atoms with Crippen LogP contribution >= 0.6 is 0 Å². The standard InChI is InChI=1S/C44H36N4/c45-28-32-22-38(24-39(23-32)43-47-41(36-7-3-1-4-8-36)46-42(48-43)37-9-5-2-6-10-37)35-13-11-33(12-14-35)34-15-17-40(18-16-34)44-25-29-19-30(26-44)21-31(20-29)27-44/h1-18,22-24,29-31H,19-21,25-27H2/t29-,30+,31?,44?. The maximum Gasteiger partial charge on any atom is 0.164 e. The van der Waals surface area contributed by atoms with Gasteiger partial charge in [-0.1, -0.05) is 109 Å². The summed E-state index contributed by atoms with van der Waals surface area (Å²) in [6.45, 7) is 0. The van der Waals surface area contributed by atoms with E-state index >= 15 is 0 Å². The zero-order valence-corrected chi connectivity index (χ0v) is 26.9. The molecule has 4 saturated carbocycles. The quantitative estimate of drug-likeness (QED) is 0.186. The highest BCUT2D eigenvalue weighted by Gasteiger charge is 2.51. The molecule has 10 rings (SSSR count). The van der Waals surface area contributed by atoms with Gasteiger partial charge in [0.15, 0.2) is 17.5 Å². The highest BCUT2D eigenvalue weighted by molar-refractivity contribution is 5.76. The molecule has 4 fully saturated rings. The van der Waals surface area contributed by atoms with Crippen molar-refractivity contribution in [2.45, 2.75) is 43.9 Å². The monoisotopic (exact) mass is 620 g/mol. The minimum absolute atomic E-state index is 0.419. The molecule has 5 aromatic carbocycles. The van der Waals surface area contributed by atoms with Crippen LogP contribution in [0.1, 0.15) is 49.7 Å². The molecule has 4 heteroatoms. The summed E-state index contributed by atoms with van der Waals surface area (Å²) in [5.41, 5.74) is 9.60. The van der Waals surface area contributed by atoms with Gasteiger partial charge in [0.2, 0.25) is 0 Å². The number of rotatable bonds is 6. The summed E-state index contributed by atoms with van der Waals surface area (Å²) in [7, 11) is 0. The number of nitriles is 1. The Kier molecular flexibility index (Phi) is 7.01. The van der Waals surface area contributed by atoms with Crippen LogP contribution in [0.15, 0.2) is 127 Å². The van der Waals surface area contributed by atoms with Crippen LogP contribution < -0.4 is 0 Å². The van der Waals surface area contributed by atoms with E-state index in [0.717, 1.165) is 45.6 Å². The molecule has 4 aliphatic carbocycles. The fraction of sp³-hybridized carbons (Fsp3) is 0.227. The fourth-order valence-corrected chi connectivity index (χ4v) is 9.26. The van der Waals surface area contributed by atoms with Gasteiger partial charge in [-0.3, -0.25) is 0 Å². The van der Waals surface area contributed by atoms with Crippen molar-refractivity contribution in [2.24, 2.45) is 17.8 Å². The normalized spacial score (nSPS) is 22.4. The van der Waals surface area contributed by atoms with Crippen molar-refractivity contribution < 1.29 is 0 Å². The van der Waals surface area contributed by atoms with E-state index in [4.69, 9.17) is 15.0 Å². The number of hydrogen-bond donors (Lipinski definition) is 0. The van der Waals surface area contributed by atoms with Gasteiger partial charge in [-0.15, -0.1) is 0 Å². The predicted molar refractivity (Wildman–Crippen MR) is 192 cm³/mol. The molecule has 232 valence electrons. The van der Waals surface area contributed by atoms with Gasteiger partial charge < -0.3 is 0 Å². The predicted octanol–water partition coefficient (Wildman–Crippen LogP) is 10.5. The Labute approximate surface area is 282 Å². The fourth-order valence-electron chi connectivity index (χ4n) is 9.26. The minimum Gasteiger partial charge on any atom is -0.208 e. The molecule has 0 unspecified atom stereocenters. The minimum atomic E-state index is 0.419. The van der Waals surface area contributed by atoms with Gasteiger partial charge in [-0.2, -0.15) is 5.26 Å². The number of aromatic nitrogens is 3. The molecular weight excluding hydrogens is 585 g/mol. The van der Waals surface area contributed by atoms with E-state index in [2.05, 4.69) is 60.7 Å². The Morgan fingerprint density at radius 2 is 0.875 bits per heavy atom. The average Bonchev–Trinajstić information content (AvgIpc) is 3.15. The number of hydrogen-bond acceptors (Lipinski definition) is 4. The molecule has 0 aliphatic heterocycles. The molecule has 0 radical (unpaired) electrons. The van der Waals surface area contributed by atoms with Crippen molar-refractivity contribution in [3.63, 3.8) is 0 Å². The summed E-state index contributed by atoms with van der Waals surface area (Å²) >= 11 is 0. The molecular formula is C44H36N4. The summed E-state index contributed by atoms with van der Waals surface area (Å²) < 4.78 is 0. The first kappa shape index (κ1) is 28.8. The van der Waals surface area contributed by atoms with Crippen molar-refractivity contribution in [2.75, 3.05) is 0 Å². The van der Waals surface area contributed by atoms with E-state index in [0.29, 0.717) is 28.5 Å². The van der Waals surface area contributed by atoms with E-state index in [1.807, 2.05) is 72.8 Å². The lowest BCUT2D eigenvalue weighted by Crippen LogP contribution is -2.48. The smallest absolute Gasteiger partial charge is 0.164 e. The van der Waals surface area contributed by atoms with Crippen LogP contribution in [0, 0.1) is 29.1 Å². The van der Waals surface area contributed by atoms with Crippen LogP contribution in [0.3, 0.4) is 0 Å². The van der Waals surface area contributed by atoms with Gasteiger partial charge in [-0.05, 0) is 108 Å². The lowest BCUT2D eigenvalue weighted by atomic mass is 9.48. The van der Waals surface area contributed by atoms with Crippen LogP contribution in [0.25, 0.3) is 56.4 Å². The molecule has 48 heavy (non-hydrogen) atoms. The molecule has 4 nitrogen and oxygen atoms in total. The lowest BCUT2D eigenvalue weighted by molar-refractivity contribution is -0.00518. The van der Waals surface area contributed by atoms with Gasteiger partial charge in [0.05, 0.1) is 11.6 Å². The van der Waals surface area contributed by atoms with E-state index in [-0.39, 0.29) is 0 Å². The Morgan fingerprint density at radius 3 is 1.35 bits per heavy atom. The lowest BCUT2D eigenvalue weighted by Gasteiger charge is -2.57. The maximum atomic E-state index is 10.0. The van der Waals surface area contributed by atoms with E-state index in [1.165, 1.54) is 49.7 Å². The SMILES string of the molecule is N#Cc1cc(-c2ccc(-c3ccc(C45CC6C[C@H](C4)C[C@@H](C6)C5)cc3)cc2)cc(-c2nc(-c3ccccc3)nc(-c3ccccc3)n2)c1. The van der Waals surface area contributed by atoms with Gasteiger partial charge in [-0.25, -0.2) is 15.0 Å². The van der Waals surface area contributed by atoms with Gasteiger partial charge in [0.1, 0.15) is 0 Å². The highest BCUT2D eigenvalue weighted by atomic mass is 15.0. The van der Waals surface area contributed by atoms with Crippen LogP contribution in [-0.2, 0) is 5.41 Å². The topological polar surface area (TPSA) is 62.5 Å². The number of nitrogens with zero attached hydrogens (tertiary/aromatic N) is 4. The highest BCUT2D eigenvalue weighted by Crippen LogP contribution is 2.60. The van der Waals surface area contributed by atoms with Crippen molar-refractivity contribution in [3.05, 3.63) is 139 Å². The number of benzene rings is 5. The molecule has 1 heterocycles. The Hall–Kier alpha value is -5.40. The third-order valence-electron chi connectivity index (χ3n) is 11.1. The largest absolute Gasteiger partial charge is 0.208 e. The van der Waals surface area contributed by atoms with Crippen LogP contribution in [-0.4, -0.2) is 15.0 Å². The molecule has 0 atom stereocenters. The molecule has 0 N–H and O–H groups in total. The van der Waals surface area contributed by atoms with Gasteiger partial charge in [0, 0.05) is 16.7 Å². The first-order chi connectivity index (χ1) is 23.6. The van der Waals surface area contributed by atoms with Crippen molar-refractivity contribution in [1.29, 1.82) is 5.26 Å². The Morgan fingerprint density at radius 1 is 0.458 bits per heavy atom. The van der Waals surface area contributed by atoms with Crippen LogP contribution in [0.2, 0.25) is 0 Å². The summed E-state index contributed by atoms with van der Waals surface area (Å²) in [4.78, 5) is 14.6. The average molecular weight is 621 g/mol. The van der Waals surface area contributed by atoms with E-state index < -0.39 is 0 Å². The van der Waals surface area contributed by atoms with Gasteiger partial charge >= 0.3 is 0 Å².